The minimum absolute atomic E-state index is 0.154. The number of benzene rings is 2. The highest BCUT2D eigenvalue weighted by Gasteiger charge is 2.13. The van der Waals surface area contributed by atoms with Gasteiger partial charge >= 0.3 is 5.63 Å². The smallest absolute Gasteiger partial charge is 0.347 e. The molecule has 27 heavy (non-hydrogen) atoms. The topological polar surface area (TPSA) is 86.4 Å². The molecule has 0 spiro atoms. The van der Waals surface area contributed by atoms with Crippen molar-refractivity contribution in [2.45, 2.75) is 13.0 Å². The predicted molar refractivity (Wildman–Crippen MR) is 102 cm³/mol. The molecule has 0 aliphatic carbocycles. The van der Waals surface area contributed by atoms with Gasteiger partial charge in [-0.2, -0.15) is 5.10 Å². The highest BCUT2D eigenvalue weighted by atomic mass is 16.5. The number of amides is 1. The Labute approximate surface area is 154 Å². The molecule has 0 bridgehead atoms. The zero-order valence-electron chi connectivity index (χ0n) is 14.6. The summed E-state index contributed by atoms with van der Waals surface area (Å²) in [5.74, 6) is 0.517. The minimum Gasteiger partial charge on any atom is -0.497 e. The Morgan fingerprint density at radius 1 is 1.19 bits per heavy atom. The molecule has 1 amide bonds. The molecule has 0 radical (unpaired) electrons. The summed E-state index contributed by atoms with van der Waals surface area (Å²) < 4.78 is 12.1. The second-order valence-corrected chi connectivity index (χ2v) is 6.05. The first-order valence-corrected chi connectivity index (χ1v) is 8.47. The predicted octanol–water partition coefficient (Wildman–Crippen LogP) is 3.18. The van der Waals surface area contributed by atoms with E-state index in [1.54, 1.807) is 42.1 Å². The Bertz CT molecular complexity index is 1190. The van der Waals surface area contributed by atoms with E-state index < -0.39 is 5.63 Å². The van der Waals surface area contributed by atoms with E-state index >= 15 is 0 Å². The van der Waals surface area contributed by atoms with Gasteiger partial charge in [-0.05, 0) is 24.3 Å². The van der Waals surface area contributed by atoms with Crippen molar-refractivity contribution in [3.63, 3.8) is 0 Å². The number of anilines is 1. The average Bonchev–Trinajstić information content (AvgIpc) is 3.12. The fourth-order valence-electron chi connectivity index (χ4n) is 3.03. The summed E-state index contributed by atoms with van der Waals surface area (Å²) in [6.07, 6.45) is 1.69. The Morgan fingerprint density at radius 3 is 2.89 bits per heavy atom. The number of carbonyl (C=O) groups is 1. The lowest BCUT2D eigenvalue weighted by molar-refractivity contribution is -0.116. The van der Waals surface area contributed by atoms with Crippen molar-refractivity contribution in [2.24, 2.45) is 0 Å². The van der Waals surface area contributed by atoms with Crippen LogP contribution in [0.15, 0.2) is 63.9 Å². The van der Waals surface area contributed by atoms with E-state index in [0.29, 0.717) is 34.5 Å². The average molecular weight is 363 g/mol. The zero-order chi connectivity index (χ0) is 18.8. The molecule has 0 aliphatic heterocycles. The number of para-hydroxylation sites is 1. The van der Waals surface area contributed by atoms with Gasteiger partial charge in [0.15, 0.2) is 0 Å². The van der Waals surface area contributed by atoms with Crippen LogP contribution in [-0.4, -0.2) is 22.8 Å². The van der Waals surface area contributed by atoms with Crippen LogP contribution in [0.3, 0.4) is 0 Å². The van der Waals surface area contributed by atoms with Crippen molar-refractivity contribution in [1.82, 2.24) is 9.78 Å². The molecule has 2 aromatic heterocycles. The molecule has 0 saturated carbocycles. The lowest BCUT2D eigenvalue weighted by Gasteiger charge is -2.08. The number of aromatic nitrogens is 2. The van der Waals surface area contributed by atoms with E-state index in [-0.39, 0.29) is 12.3 Å². The second-order valence-electron chi connectivity index (χ2n) is 6.05. The van der Waals surface area contributed by atoms with E-state index in [0.717, 1.165) is 5.39 Å². The summed E-state index contributed by atoms with van der Waals surface area (Å²) in [5.41, 5.74) is 1.40. The van der Waals surface area contributed by atoms with Gasteiger partial charge in [-0.3, -0.25) is 9.48 Å². The standard InChI is InChI=1S/C20H17N3O4/c1-26-14-6-4-5-13(11-14)22-18(24)9-10-23-19-15-7-2-3-8-17(15)27-20(25)16(19)12-21-23/h2-8,11-12H,9-10H2,1H3,(H,22,24). The van der Waals surface area contributed by atoms with Crippen molar-refractivity contribution in [2.75, 3.05) is 12.4 Å². The van der Waals surface area contributed by atoms with E-state index in [1.165, 1.54) is 6.20 Å². The fraction of sp³-hybridized carbons (Fsp3) is 0.150. The number of nitrogens with zero attached hydrogens (tertiary/aromatic N) is 2. The highest BCUT2D eigenvalue weighted by Crippen LogP contribution is 2.22. The molecule has 4 aromatic rings. The molecule has 2 heterocycles. The van der Waals surface area contributed by atoms with Gasteiger partial charge in [0.2, 0.25) is 5.91 Å². The molecular formula is C20H17N3O4. The fourth-order valence-corrected chi connectivity index (χ4v) is 3.03. The summed E-state index contributed by atoms with van der Waals surface area (Å²) >= 11 is 0. The van der Waals surface area contributed by atoms with Gasteiger partial charge in [-0.25, -0.2) is 4.79 Å². The summed E-state index contributed by atoms with van der Waals surface area (Å²) in [7, 11) is 1.57. The Kier molecular flexibility index (Phi) is 4.33. The van der Waals surface area contributed by atoms with Crippen LogP contribution in [-0.2, 0) is 11.3 Å². The number of ether oxygens (including phenoxy) is 1. The first kappa shape index (κ1) is 16.8. The van der Waals surface area contributed by atoms with Gasteiger partial charge in [0.1, 0.15) is 16.7 Å². The number of hydrogen-bond donors (Lipinski definition) is 1. The lowest BCUT2D eigenvalue weighted by atomic mass is 10.2. The lowest BCUT2D eigenvalue weighted by Crippen LogP contribution is -2.15. The molecule has 0 unspecified atom stereocenters. The first-order chi connectivity index (χ1) is 13.2. The number of carbonyl (C=O) groups excluding carboxylic acids is 1. The maximum atomic E-state index is 12.3. The van der Waals surface area contributed by atoms with Gasteiger partial charge in [-0.15, -0.1) is 0 Å². The van der Waals surface area contributed by atoms with Crippen molar-refractivity contribution in [3.8, 4) is 5.75 Å². The Morgan fingerprint density at radius 2 is 2.04 bits per heavy atom. The number of hydrogen-bond acceptors (Lipinski definition) is 5. The van der Waals surface area contributed by atoms with E-state index in [1.807, 2.05) is 18.2 Å². The summed E-state index contributed by atoms with van der Waals surface area (Å²) in [4.78, 5) is 24.4. The molecule has 0 atom stereocenters. The number of fused-ring (bicyclic) bond motifs is 3. The van der Waals surface area contributed by atoms with Gasteiger partial charge in [0.05, 0.1) is 25.4 Å². The number of aryl methyl sites for hydroxylation is 1. The maximum Gasteiger partial charge on any atom is 0.347 e. The normalized spacial score (nSPS) is 11.0. The molecule has 7 heteroatoms. The molecule has 4 rings (SSSR count). The van der Waals surface area contributed by atoms with Gasteiger partial charge < -0.3 is 14.5 Å². The van der Waals surface area contributed by atoms with E-state index in [2.05, 4.69) is 10.4 Å². The highest BCUT2D eigenvalue weighted by molar-refractivity contribution is 6.01. The van der Waals surface area contributed by atoms with Gasteiger partial charge in [0, 0.05) is 23.6 Å². The van der Waals surface area contributed by atoms with Crippen molar-refractivity contribution < 1.29 is 13.9 Å². The monoisotopic (exact) mass is 363 g/mol. The third-order valence-corrected chi connectivity index (χ3v) is 4.31. The second kappa shape index (κ2) is 6.95. The van der Waals surface area contributed by atoms with Crippen LogP contribution in [0.5, 0.6) is 5.75 Å². The summed E-state index contributed by atoms with van der Waals surface area (Å²) in [6.45, 7) is 0.340. The van der Waals surface area contributed by atoms with Crippen LogP contribution in [0.25, 0.3) is 21.9 Å². The van der Waals surface area contributed by atoms with E-state index in [4.69, 9.17) is 9.15 Å². The number of methoxy groups -OCH3 is 1. The number of rotatable bonds is 5. The largest absolute Gasteiger partial charge is 0.497 e. The molecule has 0 fully saturated rings. The number of nitrogens with one attached hydrogen (secondary N) is 1. The summed E-state index contributed by atoms with van der Waals surface area (Å²) in [6, 6.07) is 14.4. The Hall–Kier alpha value is -3.61. The van der Waals surface area contributed by atoms with Crippen molar-refractivity contribution >= 4 is 33.5 Å². The van der Waals surface area contributed by atoms with Crippen LogP contribution in [0.1, 0.15) is 6.42 Å². The van der Waals surface area contributed by atoms with Crippen LogP contribution in [0.2, 0.25) is 0 Å². The molecule has 1 N–H and O–H groups in total. The molecule has 7 nitrogen and oxygen atoms in total. The van der Waals surface area contributed by atoms with E-state index in [9.17, 15) is 9.59 Å². The Balaban J connectivity index is 1.57. The zero-order valence-corrected chi connectivity index (χ0v) is 14.6. The molecule has 0 aliphatic rings. The molecule has 136 valence electrons. The SMILES string of the molecule is COc1cccc(NC(=O)CCn2ncc3c(=O)oc4ccccc4c32)c1. The van der Waals surface area contributed by atoms with Crippen LogP contribution >= 0.6 is 0 Å². The molecule has 0 saturated heterocycles. The van der Waals surface area contributed by atoms with Crippen molar-refractivity contribution in [3.05, 3.63) is 65.1 Å². The van der Waals surface area contributed by atoms with Gasteiger partial charge in [-0.1, -0.05) is 18.2 Å². The van der Waals surface area contributed by atoms with Crippen LogP contribution in [0.4, 0.5) is 5.69 Å². The van der Waals surface area contributed by atoms with Gasteiger partial charge in [0.25, 0.3) is 0 Å². The third-order valence-electron chi connectivity index (χ3n) is 4.31. The quantitative estimate of drug-likeness (QED) is 0.550. The maximum absolute atomic E-state index is 12.3. The summed E-state index contributed by atoms with van der Waals surface area (Å²) in [5, 5.41) is 8.30. The van der Waals surface area contributed by atoms with Crippen molar-refractivity contribution in [1.29, 1.82) is 0 Å². The van der Waals surface area contributed by atoms with Crippen LogP contribution in [0, 0.1) is 0 Å². The third kappa shape index (κ3) is 3.27. The molecular weight excluding hydrogens is 346 g/mol. The molecule has 2 aromatic carbocycles. The van der Waals surface area contributed by atoms with Crippen LogP contribution < -0.4 is 15.7 Å². The minimum atomic E-state index is -0.434. The first-order valence-electron chi connectivity index (χ1n) is 8.47.